The van der Waals surface area contributed by atoms with Crippen LogP contribution in [0.1, 0.15) is 20.7 Å². The van der Waals surface area contributed by atoms with Crippen LogP contribution in [0, 0.1) is 5.82 Å². The second kappa shape index (κ2) is 5.80. The van der Waals surface area contributed by atoms with E-state index >= 15 is 0 Å². The molecule has 2 aromatic rings. The number of phenols is 1. The van der Waals surface area contributed by atoms with Gasteiger partial charge < -0.3 is 15.5 Å². The van der Waals surface area contributed by atoms with Crippen LogP contribution in [0.2, 0.25) is 5.02 Å². The van der Waals surface area contributed by atoms with Crippen molar-refractivity contribution in [3.8, 4) is 5.75 Å². The first kappa shape index (κ1) is 14.8. The zero-order valence-corrected chi connectivity index (χ0v) is 11.2. The van der Waals surface area contributed by atoms with Gasteiger partial charge in [0.25, 0.3) is 5.91 Å². The summed E-state index contributed by atoms with van der Waals surface area (Å²) in [6.45, 7) is 0. The fourth-order valence-electron chi connectivity index (χ4n) is 1.70. The third kappa shape index (κ3) is 3.11. The molecule has 0 unspecified atom stereocenters. The summed E-state index contributed by atoms with van der Waals surface area (Å²) in [4.78, 5) is 22.7. The maximum absolute atomic E-state index is 13.5. The highest BCUT2D eigenvalue weighted by Crippen LogP contribution is 2.24. The molecule has 0 aromatic heterocycles. The van der Waals surface area contributed by atoms with Gasteiger partial charge in [-0.15, -0.1) is 0 Å². The summed E-state index contributed by atoms with van der Waals surface area (Å²) in [6.07, 6.45) is 0. The number of rotatable bonds is 3. The molecule has 0 aliphatic carbocycles. The van der Waals surface area contributed by atoms with Crippen molar-refractivity contribution in [3.63, 3.8) is 0 Å². The molecule has 3 N–H and O–H groups in total. The Bertz CT molecular complexity index is 713. The van der Waals surface area contributed by atoms with Gasteiger partial charge in [0.1, 0.15) is 17.1 Å². The van der Waals surface area contributed by atoms with Gasteiger partial charge in [-0.3, -0.25) is 4.79 Å². The van der Waals surface area contributed by atoms with Crippen LogP contribution in [0.5, 0.6) is 5.75 Å². The number of hydrogen-bond acceptors (Lipinski definition) is 3. The first-order valence-corrected chi connectivity index (χ1v) is 6.09. The maximum atomic E-state index is 13.5. The van der Waals surface area contributed by atoms with Gasteiger partial charge in [-0.1, -0.05) is 17.7 Å². The number of aromatic hydroxyl groups is 1. The van der Waals surface area contributed by atoms with Gasteiger partial charge in [0.2, 0.25) is 0 Å². The summed E-state index contributed by atoms with van der Waals surface area (Å²) in [7, 11) is 0. The Morgan fingerprint density at radius 2 is 1.90 bits per heavy atom. The standard InChI is InChI=1S/C14H9ClFNO4/c15-9-6-7(4-5-8(9)14(20)21)17-13(19)12-10(16)2-1-3-11(12)18/h1-6,18H,(H,17,19)(H,20,21). The predicted octanol–water partition coefficient (Wildman–Crippen LogP) is 3.14. The summed E-state index contributed by atoms with van der Waals surface area (Å²) in [5.74, 6) is -3.45. The van der Waals surface area contributed by atoms with Crippen LogP contribution >= 0.6 is 11.6 Å². The summed E-state index contributed by atoms with van der Waals surface area (Å²) in [6, 6.07) is 7.22. The number of aromatic carboxylic acids is 1. The maximum Gasteiger partial charge on any atom is 0.337 e. The summed E-state index contributed by atoms with van der Waals surface area (Å²) >= 11 is 5.76. The normalized spacial score (nSPS) is 10.2. The molecule has 0 bridgehead atoms. The summed E-state index contributed by atoms with van der Waals surface area (Å²) in [5.41, 5.74) is -0.447. The minimum atomic E-state index is -1.20. The minimum Gasteiger partial charge on any atom is -0.507 e. The molecule has 2 aromatic carbocycles. The fourth-order valence-corrected chi connectivity index (χ4v) is 1.96. The van der Waals surface area contributed by atoms with E-state index in [1.807, 2.05) is 0 Å². The number of phenolic OH excluding ortho intramolecular Hbond substituents is 1. The van der Waals surface area contributed by atoms with E-state index in [4.69, 9.17) is 16.7 Å². The molecule has 2 rings (SSSR count). The van der Waals surface area contributed by atoms with Crippen molar-refractivity contribution < 1.29 is 24.2 Å². The molecule has 5 nitrogen and oxygen atoms in total. The van der Waals surface area contributed by atoms with Crippen LogP contribution in [0.15, 0.2) is 36.4 Å². The third-order valence-corrected chi connectivity index (χ3v) is 2.99. The van der Waals surface area contributed by atoms with Crippen molar-refractivity contribution in [3.05, 3.63) is 58.4 Å². The Labute approximate surface area is 123 Å². The number of halogens is 2. The average Bonchev–Trinajstić information content (AvgIpc) is 2.37. The number of amides is 1. The molecule has 0 aliphatic rings. The molecule has 7 heteroatoms. The van der Waals surface area contributed by atoms with Gasteiger partial charge in [0.15, 0.2) is 0 Å². The van der Waals surface area contributed by atoms with Crippen molar-refractivity contribution in [1.82, 2.24) is 0 Å². The molecular formula is C14H9ClFNO4. The zero-order chi connectivity index (χ0) is 15.6. The topological polar surface area (TPSA) is 86.6 Å². The van der Waals surface area contributed by atoms with E-state index in [0.717, 1.165) is 6.07 Å². The average molecular weight is 310 g/mol. The van der Waals surface area contributed by atoms with Crippen molar-refractivity contribution in [1.29, 1.82) is 0 Å². The molecule has 0 saturated carbocycles. The number of carboxylic acid groups (broad SMARTS) is 1. The summed E-state index contributed by atoms with van der Waals surface area (Å²) < 4.78 is 13.5. The van der Waals surface area contributed by atoms with E-state index in [2.05, 4.69) is 5.32 Å². The molecule has 0 spiro atoms. The fraction of sp³-hybridized carbons (Fsp3) is 0. The van der Waals surface area contributed by atoms with Gasteiger partial charge >= 0.3 is 5.97 Å². The Hall–Kier alpha value is -2.60. The van der Waals surface area contributed by atoms with E-state index < -0.39 is 29.0 Å². The van der Waals surface area contributed by atoms with Crippen molar-refractivity contribution in [2.75, 3.05) is 5.32 Å². The molecule has 0 aliphatic heterocycles. The Kier molecular flexibility index (Phi) is 4.09. The van der Waals surface area contributed by atoms with E-state index in [9.17, 15) is 19.1 Å². The number of benzene rings is 2. The van der Waals surface area contributed by atoms with Gasteiger partial charge in [-0.25, -0.2) is 9.18 Å². The Morgan fingerprint density at radius 3 is 2.48 bits per heavy atom. The first-order valence-electron chi connectivity index (χ1n) is 5.72. The number of carbonyl (C=O) groups excluding carboxylic acids is 1. The molecule has 0 atom stereocenters. The molecule has 0 heterocycles. The summed E-state index contributed by atoms with van der Waals surface area (Å²) in [5, 5.41) is 20.6. The van der Waals surface area contributed by atoms with E-state index in [-0.39, 0.29) is 16.3 Å². The van der Waals surface area contributed by atoms with Gasteiger partial charge in [0, 0.05) is 5.69 Å². The third-order valence-electron chi connectivity index (χ3n) is 2.68. The van der Waals surface area contributed by atoms with Crippen LogP contribution in [-0.2, 0) is 0 Å². The highest BCUT2D eigenvalue weighted by Gasteiger charge is 2.17. The van der Waals surface area contributed by atoms with Crippen LogP contribution in [0.25, 0.3) is 0 Å². The molecule has 108 valence electrons. The number of carbonyl (C=O) groups is 2. The van der Waals surface area contributed by atoms with Crippen LogP contribution in [0.4, 0.5) is 10.1 Å². The lowest BCUT2D eigenvalue weighted by Gasteiger charge is -2.08. The van der Waals surface area contributed by atoms with E-state index in [1.165, 1.54) is 30.3 Å². The molecule has 0 fully saturated rings. The lowest BCUT2D eigenvalue weighted by molar-refractivity contribution is 0.0697. The van der Waals surface area contributed by atoms with E-state index in [1.54, 1.807) is 0 Å². The van der Waals surface area contributed by atoms with Crippen LogP contribution in [0.3, 0.4) is 0 Å². The number of anilines is 1. The van der Waals surface area contributed by atoms with Gasteiger partial charge in [-0.05, 0) is 30.3 Å². The molecule has 21 heavy (non-hydrogen) atoms. The molecule has 1 amide bonds. The SMILES string of the molecule is O=C(O)c1ccc(NC(=O)c2c(O)cccc2F)cc1Cl. The predicted molar refractivity (Wildman–Crippen MR) is 74.4 cm³/mol. The van der Waals surface area contributed by atoms with Crippen LogP contribution < -0.4 is 5.32 Å². The molecule has 0 saturated heterocycles. The van der Waals surface area contributed by atoms with E-state index in [0.29, 0.717) is 0 Å². The molecular weight excluding hydrogens is 301 g/mol. The number of nitrogens with one attached hydrogen (secondary N) is 1. The first-order chi connectivity index (χ1) is 9.90. The van der Waals surface area contributed by atoms with Crippen LogP contribution in [-0.4, -0.2) is 22.1 Å². The second-order valence-corrected chi connectivity index (χ2v) is 4.50. The lowest BCUT2D eigenvalue weighted by atomic mass is 10.1. The Morgan fingerprint density at radius 1 is 1.19 bits per heavy atom. The smallest absolute Gasteiger partial charge is 0.337 e. The largest absolute Gasteiger partial charge is 0.507 e. The highest BCUT2D eigenvalue weighted by atomic mass is 35.5. The second-order valence-electron chi connectivity index (χ2n) is 4.09. The number of carboxylic acids is 1. The number of hydrogen-bond donors (Lipinski definition) is 3. The lowest BCUT2D eigenvalue weighted by Crippen LogP contribution is -2.14. The minimum absolute atomic E-state index is 0.0712. The van der Waals surface area contributed by atoms with Crippen molar-refractivity contribution in [2.24, 2.45) is 0 Å². The Balaban J connectivity index is 2.28. The quantitative estimate of drug-likeness (QED) is 0.813. The van der Waals surface area contributed by atoms with Crippen molar-refractivity contribution >= 4 is 29.2 Å². The van der Waals surface area contributed by atoms with Gasteiger partial charge in [0.05, 0.1) is 10.6 Å². The zero-order valence-electron chi connectivity index (χ0n) is 10.4. The van der Waals surface area contributed by atoms with Crippen molar-refractivity contribution in [2.45, 2.75) is 0 Å². The highest BCUT2D eigenvalue weighted by molar-refractivity contribution is 6.33. The van der Waals surface area contributed by atoms with Gasteiger partial charge in [-0.2, -0.15) is 0 Å². The molecule has 0 radical (unpaired) electrons. The monoisotopic (exact) mass is 309 g/mol.